The predicted molar refractivity (Wildman–Crippen MR) is 128 cm³/mol. The Morgan fingerprint density at radius 1 is 1.06 bits per heavy atom. The zero-order chi connectivity index (χ0) is 24.6. The quantitative estimate of drug-likeness (QED) is 0.244. The molecule has 0 unspecified atom stereocenters. The molecule has 1 fully saturated rings. The maximum atomic E-state index is 13.2. The van der Waals surface area contributed by atoms with Crippen LogP contribution in [0.2, 0.25) is 0 Å². The SMILES string of the molecule is COc1ccc(C(O)=C2C(=O)C(=O)N(c3nc(C)c(C(C)=O)s3)[C@H]2c2cccc(OC)c2)cc1. The van der Waals surface area contributed by atoms with Gasteiger partial charge >= 0.3 is 5.91 Å². The van der Waals surface area contributed by atoms with Gasteiger partial charge in [-0.3, -0.25) is 19.3 Å². The lowest BCUT2D eigenvalue weighted by molar-refractivity contribution is -0.132. The molecule has 3 aromatic rings. The van der Waals surface area contributed by atoms with Crippen molar-refractivity contribution in [1.29, 1.82) is 0 Å². The van der Waals surface area contributed by atoms with E-state index in [4.69, 9.17) is 9.47 Å². The number of carbonyl (C=O) groups excluding carboxylic acids is 3. The number of aromatic nitrogens is 1. The van der Waals surface area contributed by atoms with Gasteiger partial charge in [0, 0.05) is 12.5 Å². The lowest BCUT2D eigenvalue weighted by Crippen LogP contribution is -2.29. The molecule has 174 valence electrons. The maximum absolute atomic E-state index is 13.2. The number of benzene rings is 2. The van der Waals surface area contributed by atoms with E-state index in [0.717, 1.165) is 11.3 Å². The van der Waals surface area contributed by atoms with Crippen LogP contribution in [0, 0.1) is 6.92 Å². The Hall–Kier alpha value is -3.98. The third kappa shape index (κ3) is 3.94. The van der Waals surface area contributed by atoms with E-state index in [1.165, 1.54) is 26.0 Å². The summed E-state index contributed by atoms with van der Waals surface area (Å²) in [6.07, 6.45) is 0. The van der Waals surface area contributed by atoms with Crippen molar-refractivity contribution in [2.75, 3.05) is 19.1 Å². The van der Waals surface area contributed by atoms with E-state index >= 15 is 0 Å². The Labute approximate surface area is 200 Å². The Morgan fingerprint density at radius 3 is 2.32 bits per heavy atom. The second-order valence-electron chi connectivity index (χ2n) is 7.64. The Morgan fingerprint density at radius 2 is 1.74 bits per heavy atom. The molecule has 1 aliphatic rings. The molecule has 0 bridgehead atoms. The first-order chi connectivity index (χ1) is 16.3. The molecule has 1 aromatic heterocycles. The minimum Gasteiger partial charge on any atom is -0.507 e. The largest absolute Gasteiger partial charge is 0.507 e. The molecule has 0 spiro atoms. The number of aliphatic hydroxyl groups excluding tert-OH is 1. The fourth-order valence-electron chi connectivity index (χ4n) is 3.87. The van der Waals surface area contributed by atoms with Crippen molar-refractivity contribution in [1.82, 2.24) is 4.98 Å². The fourth-order valence-corrected chi connectivity index (χ4v) is 4.86. The van der Waals surface area contributed by atoms with E-state index < -0.39 is 17.7 Å². The van der Waals surface area contributed by atoms with Gasteiger partial charge < -0.3 is 14.6 Å². The monoisotopic (exact) mass is 478 g/mol. The summed E-state index contributed by atoms with van der Waals surface area (Å²) in [5.41, 5.74) is 1.28. The van der Waals surface area contributed by atoms with Crippen molar-refractivity contribution in [2.24, 2.45) is 0 Å². The van der Waals surface area contributed by atoms with Gasteiger partial charge in [-0.05, 0) is 48.9 Å². The number of amides is 1. The number of hydrogen-bond donors (Lipinski definition) is 1. The zero-order valence-electron chi connectivity index (χ0n) is 19.0. The molecular weight excluding hydrogens is 456 g/mol. The number of nitrogens with zero attached hydrogens (tertiary/aromatic N) is 2. The number of rotatable bonds is 6. The van der Waals surface area contributed by atoms with Crippen LogP contribution < -0.4 is 14.4 Å². The minimum absolute atomic E-state index is 0.0827. The average Bonchev–Trinajstić information content (AvgIpc) is 3.35. The molecule has 4 rings (SSSR count). The van der Waals surface area contributed by atoms with Gasteiger partial charge in [-0.1, -0.05) is 23.5 Å². The Kier molecular flexibility index (Phi) is 6.21. The molecule has 1 aliphatic heterocycles. The molecule has 34 heavy (non-hydrogen) atoms. The molecule has 1 saturated heterocycles. The lowest BCUT2D eigenvalue weighted by atomic mass is 9.95. The van der Waals surface area contributed by atoms with Crippen LogP contribution >= 0.6 is 11.3 Å². The van der Waals surface area contributed by atoms with Gasteiger partial charge in [0.1, 0.15) is 17.3 Å². The van der Waals surface area contributed by atoms with Gasteiger partial charge in [-0.25, -0.2) is 4.98 Å². The smallest absolute Gasteiger partial charge is 0.301 e. The van der Waals surface area contributed by atoms with Gasteiger partial charge in [0.05, 0.1) is 36.4 Å². The highest BCUT2D eigenvalue weighted by Gasteiger charge is 2.48. The number of Topliss-reactive ketones (excluding diaryl/α,β-unsaturated/α-hetero) is 2. The number of thiazole rings is 1. The Bertz CT molecular complexity index is 1330. The molecule has 9 heteroatoms. The number of anilines is 1. The molecule has 1 amide bonds. The summed E-state index contributed by atoms with van der Waals surface area (Å²) in [7, 11) is 3.03. The third-order valence-corrected chi connectivity index (χ3v) is 6.79. The van der Waals surface area contributed by atoms with Crippen LogP contribution in [0.15, 0.2) is 54.1 Å². The van der Waals surface area contributed by atoms with Crippen LogP contribution in [-0.4, -0.2) is 41.8 Å². The highest BCUT2D eigenvalue weighted by atomic mass is 32.1. The van der Waals surface area contributed by atoms with Gasteiger partial charge in [0.15, 0.2) is 10.9 Å². The van der Waals surface area contributed by atoms with Crippen molar-refractivity contribution in [3.63, 3.8) is 0 Å². The number of hydrogen-bond acceptors (Lipinski definition) is 8. The number of aryl methyl sites for hydroxylation is 1. The average molecular weight is 479 g/mol. The normalized spacial score (nSPS) is 17.2. The molecule has 1 N–H and O–H groups in total. The molecule has 2 aromatic carbocycles. The van der Waals surface area contributed by atoms with E-state index in [0.29, 0.717) is 33.2 Å². The van der Waals surface area contributed by atoms with Crippen LogP contribution in [0.4, 0.5) is 5.13 Å². The minimum atomic E-state index is -0.970. The van der Waals surface area contributed by atoms with E-state index in [9.17, 15) is 19.5 Å². The summed E-state index contributed by atoms with van der Waals surface area (Å²) in [5, 5.41) is 11.4. The molecule has 0 radical (unpaired) electrons. The van der Waals surface area contributed by atoms with E-state index in [-0.39, 0.29) is 22.2 Å². The molecule has 2 heterocycles. The van der Waals surface area contributed by atoms with Crippen molar-refractivity contribution in [2.45, 2.75) is 19.9 Å². The summed E-state index contributed by atoms with van der Waals surface area (Å²) in [4.78, 5) is 44.5. The number of carbonyl (C=O) groups is 3. The molecular formula is C25H22N2O6S. The third-order valence-electron chi connectivity index (χ3n) is 5.53. The van der Waals surface area contributed by atoms with Crippen LogP contribution in [0.1, 0.15) is 39.5 Å². The highest BCUT2D eigenvalue weighted by molar-refractivity contribution is 7.18. The van der Waals surface area contributed by atoms with E-state index in [2.05, 4.69) is 4.98 Å². The van der Waals surface area contributed by atoms with Crippen LogP contribution in [0.25, 0.3) is 5.76 Å². The van der Waals surface area contributed by atoms with Gasteiger partial charge in [0.25, 0.3) is 5.78 Å². The van der Waals surface area contributed by atoms with Gasteiger partial charge in [0.2, 0.25) is 0 Å². The van der Waals surface area contributed by atoms with Gasteiger partial charge in [-0.2, -0.15) is 0 Å². The first-order valence-electron chi connectivity index (χ1n) is 10.3. The zero-order valence-corrected chi connectivity index (χ0v) is 19.8. The van der Waals surface area contributed by atoms with Crippen LogP contribution in [0.3, 0.4) is 0 Å². The van der Waals surface area contributed by atoms with Crippen LogP contribution in [0.5, 0.6) is 11.5 Å². The van der Waals surface area contributed by atoms with Crippen molar-refractivity contribution in [3.8, 4) is 11.5 Å². The first-order valence-corrected chi connectivity index (χ1v) is 11.2. The highest BCUT2D eigenvalue weighted by Crippen LogP contribution is 2.44. The number of aliphatic hydroxyl groups is 1. The summed E-state index contributed by atoms with van der Waals surface area (Å²) in [6, 6.07) is 12.4. The maximum Gasteiger partial charge on any atom is 0.301 e. The molecule has 8 nitrogen and oxygen atoms in total. The summed E-state index contributed by atoms with van der Waals surface area (Å²) < 4.78 is 10.5. The second-order valence-corrected chi connectivity index (χ2v) is 8.62. The molecule has 1 atom stereocenters. The van der Waals surface area contributed by atoms with Crippen molar-refractivity contribution < 1.29 is 29.0 Å². The van der Waals surface area contributed by atoms with Crippen molar-refractivity contribution in [3.05, 3.63) is 75.8 Å². The van der Waals surface area contributed by atoms with E-state index in [1.807, 2.05) is 0 Å². The number of ketones is 2. The van der Waals surface area contributed by atoms with Crippen molar-refractivity contribution >= 4 is 39.7 Å². The van der Waals surface area contributed by atoms with Gasteiger partial charge in [-0.15, -0.1) is 0 Å². The molecule has 0 aliphatic carbocycles. The number of ether oxygens (including phenoxy) is 2. The summed E-state index contributed by atoms with van der Waals surface area (Å²) in [6.45, 7) is 3.09. The first kappa shape index (κ1) is 23.2. The second kappa shape index (κ2) is 9.11. The standard InChI is InChI=1S/C25H22N2O6S/c1-13-23(14(2)28)34-25(26-13)27-20(16-6-5-7-18(12-16)33-4)19(22(30)24(27)31)21(29)15-8-10-17(32-3)11-9-15/h5-12,20,29H,1-4H3/t20-/m0/s1. The number of methoxy groups -OCH3 is 2. The lowest BCUT2D eigenvalue weighted by Gasteiger charge is -2.23. The summed E-state index contributed by atoms with van der Waals surface area (Å²) in [5.74, 6) is -1.10. The predicted octanol–water partition coefficient (Wildman–Crippen LogP) is 4.30. The topological polar surface area (TPSA) is 106 Å². The van der Waals surface area contributed by atoms with E-state index in [1.54, 1.807) is 55.5 Å². The summed E-state index contributed by atoms with van der Waals surface area (Å²) >= 11 is 1.03. The Balaban J connectivity index is 1.94. The molecule has 0 saturated carbocycles. The fraction of sp³-hybridized carbons (Fsp3) is 0.200. The van der Waals surface area contributed by atoms with Crippen LogP contribution in [-0.2, 0) is 9.59 Å².